The molecule has 6 heteroatoms. The molecule has 1 amide bonds. The zero-order valence-electron chi connectivity index (χ0n) is 18.3. The number of aryl methyl sites for hydroxylation is 1. The molecule has 3 aromatic carbocycles. The van der Waals surface area contributed by atoms with Crippen molar-refractivity contribution in [1.82, 2.24) is 4.90 Å². The molecule has 33 heavy (non-hydrogen) atoms. The number of hydrogen-bond donors (Lipinski definition) is 0. The molecule has 0 saturated carbocycles. The van der Waals surface area contributed by atoms with E-state index in [0.717, 1.165) is 16.9 Å². The molecule has 166 valence electrons. The molecule has 5 nitrogen and oxygen atoms in total. The lowest BCUT2D eigenvalue weighted by atomic mass is 9.97. The Morgan fingerprint density at radius 2 is 1.79 bits per heavy atom. The van der Waals surface area contributed by atoms with Crippen molar-refractivity contribution in [2.75, 3.05) is 13.7 Å². The summed E-state index contributed by atoms with van der Waals surface area (Å²) in [4.78, 5) is 28.5. The molecule has 0 N–H and O–H groups in total. The first-order chi connectivity index (χ1) is 16.0. The van der Waals surface area contributed by atoms with Crippen molar-refractivity contribution in [1.29, 1.82) is 0 Å². The van der Waals surface area contributed by atoms with Gasteiger partial charge in [0.2, 0.25) is 5.76 Å². The van der Waals surface area contributed by atoms with Crippen LogP contribution >= 0.6 is 0 Å². The molecular weight excluding hydrogens is 421 g/mol. The van der Waals surface area contributed by atoms with Gasteiger partial charge < -0.3 is 14.1 Å². The molecule has 0 radical (unpaired) electrons. The molecule has 0 aliphatic carbocycles. The molecule has 0 fully saturated rings. The van der Waals surface area contributed by atoms with Gasteiger partial charge in [-0.1, -0.05) is 42.0 Å². The van der Waals surface area contributed by atoms with Gasteiger partial charge in [-0.3, -0.25) is 9.59 Å². The first-order valence-electron chi connectivity index (χ1n) is 10.7. The minimum Gasteiger partial charge on any atom is -0.497 e. The van der Waals surface area contributed by atoms with Crippen LogP contribution in [0.5, 0.6) is 5.75 Å². The van der Waals surface area contributed by atoms with E-state index in [9.17, 15) is 14.0 Å². The second kappa shape index (κ2) is 8.20. The van der Waals surface area contributed by atoms with Crippen LogP contribution in [0.3, 0.4) is 0 Å². The van der Waals surface area contributed by atoms with Gasteiger partial charge >= 0.3 is 0 Å². The van der Waals surface area contributed by atoms with E-state index < -0.39 is 17.8 Å². The Labute approximate surface area is 190 Å². The van der Waals surface area contributed by atoms with Gasteiger partial charge in [0.05, 0.1) is 24.1 Å². The summed E-state index contributed by atoms with van der Waals surface area (Å²) in [6.45, 7) is 2.18. The molecule has 1 unspecified atom stereocenters. The molecule has 2 heterocycles. The predicted molar refractivity (Wildman–Crippen MR) is 123 cm³/mol. The minimum absolute atomic E-state index is 0.0145. The lowest BCUT2D eigenvalue weighted by Gasteiger charge is -2.25. The molecule has 1 atom stereocenters. The summed E-state index contributed by atoms with van der Waals surface area (Å²) in [6.07, 6.45) is 0.529. The number of methoxy groups -OCH3 is 1. The van der Waals surface area contributed by atoms with Gasteiger partial charge in [-0.2, -0.15) is 0 Å². The summed E-state index contributed by atoms with van der Waals surface area (Å²) in [7, 11) is 1.60. The van der Waals surface area contributed by atoms with Gasteiger partial charge in [0.1, 0.15) is 17.1 Å². The zero-order chi connectivity index (χ0) is 23.1. The third kappa shape index (κ3) is 3.57. The third-order valence-electron chi connectivity index (χ3n) is 6.12. The average Bonchev–Trinajstić information content (AvgIpc) is 3.10. The van der Waals surface area contributed by atoms with Crippen LogP contribution in [0.1, 0.15) is 38.9 Å². The fraction of sp³-hybridized carbons (Fsp3) is 0.185. The monoisotopic (exact) mass is 443 g/mol. The van der Waals surface area contributed by atoms with E-state index in [4.69, 9.17) is 9.15 Å². The Bertz CT molecular complexity index is 1420. The standard InChI is InChI=1S/C27H22FNO4/c1-16-7-12-22-20(15-16)25(30)23-24(19-5-3-4-6-21(19)28)29(27(31)26(23)33-22)14-13-17-8-10-18(32-2)11-9-17/h3-12,15,24H,13-14H2,1-2H3. The Hall–Kier alpha value is -3.93. The summed E-state index contributed by atoms with van der Waals surface area (Å²) >= 11 is 0. The van der Waals surface area contributed by atoms with Crippen LogP contribution in [0.25, 0.3) is 11.0 Å². The van der Waals surface area contributed by atoms with Crippen LogP contribution in [0, 0.1) is 12.7 Å². The van der Waals surface area contributed by atoms with Crippen molar-refractivity contribution in [2.24, 2.45) is 0 Å². The smallest absolute Gasteiger partial charge is 0.290 e. The number of carbonyl (C=O) groups is 1. The van der Waals surface area contributed by atoms with Gasteiger partial charge in [0.25, 0.3) is 5.91 Å². The lowest BCUT2D eigenvalue weighted by molar-refractivity contribution is 0.0728. The highest BCUT2D eigenvalue weighted by molar-refractivity contribution is 5.99. The maximum atomic E-state index is 14.9. The largest absolute Gasteiger partial charge is 0.497 e. The van der Waals surface area contributed by atoms with Gasteiger partial charge in [0, 0.05) is 12.1 Å². The second-order valence-corrected chi connectivity index (χ2v) is 8.19. The summed E-state index contributed by atoms with van der Waals surface area (Å²) < 4.78 is 26.0. The Morgan fingerprint density at radius 3 is 2.52 bits per heavy atom. The lowest BCUT2D eigenvalue weighted by Crippen LogP contribution is -2.32. The molecule has 4 aromatic rings. The normalized spacial score (nSPS) is 15.2. The first kappa shape index (κ1) is 20.9. The maximum absolute atomic E-state index is 14.9. The molecule has 1 aliphatic rings. The average molecular weight is 443 g/mol. The van der Waals surface area contributed by atoms with E-state index >= 15 is 0 Å². The van der Waals surface area contributed by atoms with Crippen LogP contribution in [-0.2, 0) is 6.42 Å². The number of rotatable bonds is 5. The summed E-state index contributed by atoms with van der Waals surface area (Å²) in [5.74, 6) is -0.156. The van der Waals surface area contributed by atoms with Crippen molar-refractivity contribution < 1.29 is 18.3 Å². The number of benzene rings is 3. The Kier molecular flexibility index (Phi) is 5.21. The SMILES string of the molecule is COc1ccc(CCN2C(=O)c3oc4ccc(C)cc4c(=O)c3C2c2ccccc2F)cc1. The number of ether oxygens (including phenoxy) is 1. The molecule has 1 aliphatic heterocycles. The summed E-state index contributed by atoms with van der Waals surface area (Å²) in [6, 6.07) is 18.2. The van der Waals surface area contributed by atoms with Gasteiger partial charge in [-0.15, -0.1) is 0 Å². The Balaban J connectivity index is 1.62. The number of carbonyl (C=O) groups excluding carboxylic acids is 1. The van der Waals surface area contributed by atoms with Gasteiger partial charge in [0.15, 0.2) is 5.43 Å². The summed E-state index contributed by atoms with van der Waals surface area (Å²) in [5.41, 5.74) is 2.41. The summed E-state index contributed by atoms with van der Waals surface area (Å²) in [5, 5.41) is 0.389. The van der Waals surface area contributed by atoms with Crippen LogP contribution < -0.4 is 10.2 Å². The molecular formula is C27H22FNO4. The van der Waals surface area contributed by atoms with Crippen molar-refractivity contribution in [3.05, 3.63) is 111 Å². The highest BCUT2D eigenvalue weighted by atomic mass is 19.1. The number of nitrogens with zero attached hydrogens (tertiary/aromatic N) is 1. The van der Waals surface area contributed by atoms with Gasteiger partial charge in [-0.05, 0) is 49.2 Å². The molecule has 5 rings (SSSR count). The quantitative estimate of drug-likeness (QED) is 0.434. The highest BCUT2D eigenvalue weighted by Crippen LogP contribution is 2.39. The molecule has 1 aromatic heterocycles. The highest BCUT2D eigenvalue weighted by Gasteiger charge is 2.43. The minimum atomic E-state index is -0.854. The first-order valence-corrected chi connectivity index (χ1v) is 10.7. The van der Waals surface area contributed by atoms with Crippen LogP contribution in [0.15, 0.2) is 75.9 Å². The van der Waals surface area contributed by atoms with Crippen molar-refractivity contribution in [3.63, 3.8) is 0 Å². The number of fused-ring (bicyclic) bond motifs is 2. The van der Waals surface area contributed by atoms with E-state index in [0.29, 0.717) is 23.9 Å². The van der Waals surface area contributed by atoms with Crippen molar-refractivity contribution >= 4 is 16.9 Å². The van der Waals surface area contributed by atoms with E-state index in [-0.39, 0.29) is 22.3 Å². The fourth-order valence-electron chi connectivity index (χ4n) is 4.43. The Morgan fingerprint density at radius 1 is 1.03 bits per heavy atom. The van der Waals surface area contributed by atoms with Crippen molar-refractivity contribution in [3.8, 4) is 5.75 Å². The fourth-order valence-corrected chi connectivity index (χ4v) is 4.43. The molecule has 0 saturated heterocycles. The van der Waals surface area contributed by atoms with E-state index in [2.05, 4.69) is 0 Å². The second-order valence-electron chi connectivity index (χ2n) is 8.19. The third-order valence-corrected chi connectivity index (χ3v) is 6.12. The van der Waals surface area contributed by atoms with Crippen LogP contribution in [-0.4, -0.2) is 24.5 Å². The van der Waals surface area contributed by atoms with E-state index in [1.807, 2.05) is 37.3 Å². The van der Waals surface area contributed by atoms with Crippen LogP contribution in [0.2, 0.25) is 0 Å². The topological polar surface area (TPSA) is 59.8 Å². The van der Waals surface area contributed by atoms with E-state index in [1.54, 1.807) is 37.4 Å². The number of hydrogen-bond acceptors (Lipinski definition) is 4. The van der Waals surface area contributed by atoms with Crippen molar-refractivity contribution in [2.45, 2.75) is 19.4 Å². The number of amides is 1. The zero-order valence-corrected chi connectivity index (χ0v) is 18.3. The van der Waals surface area contributed by atoms with Gasteiger partial charge in [-0.25, -0.2) is 4.39 Å². The van der Waals surface area contributed by atoms with Crippen LogP contribution in [0.4, 0.5) is 4.39 Å². The van der Waals surface area contributed by atoms with E-state index in [1.165, 1.54) is 11.0 Å². The number of halogens is 1. The maximum Gasteiger partial charge on any atom is 0.290 e. The molecule has 0 bridgehead atoms. The predicted octanol–water partition coefficient (Wildman–Crippen LogP) is 5.04. The molecule has 0 spiro atoms.